The molecule has 1 aromatic carbocycles. The van der Waals surface area contributed by atoms with Crippen molar-refractivity contribution in [2.45, 2.75) is 6.92 Å². The molecule has 7 heteroatoms. The summed E-state index contributed by atoms with van der Waals surface area (Å²) < 4.78 is 28.4. The van der Waals surface area contributed by atoms with E-state index in [1.54, 1.807) is 18.5 Å². The van der Waals surface area contributed by atoms with E-state index in [0.717, 1.165) is 10.9 Å². The minimum absolute atomic E-state index is 0.0486. The maximum atomic E-state index is 14.4. The average Bonchev–Trinajstić information content (AvgIpc) is 3.26. The van der Waals surface area contributed by atoms with E-state index in [9.17, 15) is 13.6 Å². The maximum absolute atomic E-state index is 14.4. The number of fused-ring (bicyclic) bond motifs is 1. The lowest BCUT2D eigenvalue weighted by molar-refractivity contribution is 0.100. The molecule has 0 aliphatic heterocycles. The molecule has 0 unspecified atom stereocenters. The van der Waals surface area contributed by atoms with Crippen LogP contribution in [0.4, 0.5) is 8.78 Å². The molecule has 0 bridgehead atoms. The summed E-state index contributed by atoms with van der Waals surface area (Å²) in [6.45, 7) is 1.47. The van der Waals surface area contributed by atoms with Crippen molar-refractivity contribution in [1.82, 2.24) is 15.0 Å². The van der Waals surface area contributed by atoms with Gasteiger partial charge in [-0.25, -0.2) is 13.8 Å². The number of amides is 1. The molecular formula is C19H14F2N4O. The van der Waals surface area contributed by atoms with Crippen molar-refractivity contribution >= 4 is 16.9 Å². The highest BCUT2D eigenvalue weighted by Crippen LogP contribution is 2.34. The first-order valence-electron chi connectivity index (χ1n) is 7.87. The maximum Gasteiger partial charge on any atom is 0.250 e. The number of nitrogens with one attached hydrogen (secondary N) is 2. The van der Waals surface area contributed by atoms with E-state index in [0.29, 0.717) is 11.3 Å². The number of carbonyl (C=O) groups is 1. The zero-order valence-electron chi connectivity index (χ0n) is 13.7. The molecule has 5 nitrogen and oxygen atoms in total. The largest absolute Gasteiger partial charge is 0.366 e. The molecule has 0 saturated heterocycles. The number of carbonyl (C=O) groups excluding carboxylic acids is 1. The van der Waals surface area contributed by atoms with Gasteiger partial charge >= 0.3 is 0 Å². The first-order chi connectivity index (χ1) is 12.5. The van der Waals surface area contributed by atoms with Crippen molar-refractivity contribution in [2.24, 2.45) is 5.73 Å². The molecule has 0 aliphatic rings. The zero-order valence-corrected chi connectivity index (χ0v) is 13.7. The van der Waals surface area contributed by atoms with Gasteiger partial charge < -0.3 is 15.7 Å². The van der Waals surface area contributed by atoms with Crippen LogP contribution in [-0.4, -0.2) is 20.9 Å². The molecule has 26 heavy (non-hydrogen) atoms. The summed E-state index contributed by atoms with van der Waals surface area (Å²) >= 11 is 0. The highest BCUT2D eigenvalue weighted by molar-refractivity contribution is 6.02. The average molecular weight is 352 g/mol. The molecular weight excluding hydrogens is 338 g/mol. The number of nitrogens with two attached hydrogens (primary N) is 1. The van der Waals surface area contributed by atoms with Gasteiger partial charge in [-0.05, 0) is 36.8 Å². The molecule has 130 valence electrons. The fourth-order valence-electron chi connectivity index (χ4n) is 3.04. The molecule has 4 N–H and O–H groups in total. The van der Waals surface area contributed by atoms with Gasteiger partial charge in [0, 0.05) is 34.6 Å². The van der Waals surface area contributed by atoms with Gasteiger partial charge in [0.2, 0.25) is 0 Å². The van der Waals surface area contributed by atoms with Crippen molar-refractivity contribution in [2.75, 3.05) is 0 Å². The number of halogens is 2. The number of aromatic amines is 2. The molecule has 3 heterocycles. The van der Waals surface area contributed by atoms with Crippen LogP contribution in [0.1, 0.15) is 15.9 Å². The number of primary amides is 1. The second kappa shape index (κ2) is 5.80. The molecule has 1 amide bonds. The Balaban J connectivity index is 1.97. The van der Waals surface area contributed by atoms with Gasteiger partial charge in [-0.3, -0.25) is 4.79 Å². The van der Waals surface area contributed by atoms with Gasteiger partial charge in [0.25, 0.3) is 5.91 Å². The van der Waals surface area contributed by atoms with E-state index in [2.05, 4.69) is 15.0 Å². The Morgan fingerprint density at radius 2 is 1.92 bits per heavy atom. The summed E-state index contributed by atoms with van der Waals surface area (Å²) in [5.41, 5.74) is 7.81. The van der Waals surface area contributed by atoms with Crippen molar-refractivity contribution < 1.29 is 13.6 Å². The van der Waals surface area contributed by atoms with E-state index in [-0.39, 0.29) is 22.4 Å². The third kappa shape index (κ3) is 2.36. The molecule has 0 spiro atoms. The van der Waals surface area contributed by atoms with Crippen LogP contribution in [0.2, 0.25) is 0 Å². The third-order valence-electron chi connectivity index (χ3n) is 4.38. The number of aromatic nitrogens is 3. The minimum Gasteiger partial charge on any atom is -0.366 e. The zero-order chi connectivity index (χ0) is 18.4. The normalized spacial score (nSPS) is 11.2. The van der Waals surface area contributed by atoms with Crippen LogP contribution in [0.5, 0.6) is 0 Å². The number of pyridine rings is 1. The lowest BCUT2D eigenvalue weighted by Crippen LogP contribution is -2.11. The predicted octanol–water partition coefficient (Wildman–Crippen LogP) is 3.91. The van der Waals surface area contributed by atoms with Crippen LogP contribution in [0.15, 0.2) is 42.7 Å². The first kappa shape index (κ1) is 16.0. The van der Waals surface area contributed by atoms with Crippen LogP contribution >= 0.6 is 0 Å². The number of hydrogen-bond acceptors (Lipinski definition) is 2. The van der Waals surface area contributed by atoms with E-state index in [1.165, 1.54) is 25.1 Å². The summed E-state index contributed by atoms with van der Waals surface area (Å²) in [5.74, 6) is -2.71. The Morgan fingerprint density at radius 3 is 2.69 bits per heavy atom. The summed E-state index contributed by atoms with van der Waals surface area (Å²) in [5, 5.41) is 0.826. The molecule has 3 aromatic heterocycles. The number of H-pyrrole nitrogens is 2. The molecule has 0 fully saturated rings. The SMILES string of the molecule is Cc1ccc(-c2[nH]c(-c3ccnc4[nH]ccc34)cc2C(N)=O)c(F)c1F. The van der Waals surface area contributed by atoms with Gasteiger partial charge in [-0.15, -0.1) is 0 Å². The van der Waals surface area contributed by atoms with E-state index >= 15 is 0 Å². The van der Waals surface area contributed by atoms with Gasteiger partial charge in [0.15, 0.2) is 11.6 Å². The summed E-state index contributed by atoms with van der Waals surface area (Å²) in [7, 11) is 0. The number of aryl methyl sites for hydroxylation is 1. The Hall–Kier alpha value is -3.48. The van der Waals surface area contributed by atoms with Crippen LogP contribution in [0.25, 0.3) is 33.5 Å². The Kier molecular flexibility index (Phi) is 3.57. The predicted molar refractivity (Wildman–Crippen MR) is 94.5 cm³/mol. The fourth-order valence-corrected chi connectivity index (χ4v) is 3.04. The molecule has 4 rings (SSSR count). The van der Waals surface area contributed by atoms with Gasteiger partial charge in [0.1, 0.15) is 5.65 Å². The van der Waals surface area contributed by atoms with Crippen molar-refractivity contribution in [1.29, 1.82) is 0 Å². The Labute approximate surface area is 146 Å². The first-order valence-corrected chi connectivity index (χ1v) is 7.87. The molecule has 0 aliphatic carbocycles. The summed E-state index contributed by atoms with van der Waals surface area (Å²) in [6.07, 6.45) is 3.36. The van der Waals surface area contributed by atoms with E-state index in [4.69, 9.17) is 5.73 Å². The van der Waals surface area contributed by atoms with E-state index < -0.39 is 17.5 Å². The van der Waals surface area contributed by atoms with Gasteiger partial charge in [-0.1, -0.05) is 6.07 Å². The third-order valence-corrected chi connectivity index (χ3v) is 4.38. The fraction of sp³-hybridized carbons (Fsp3) is 0.0526. The lowest BCUT2D eigenvalue weighted by Gasteiger charge is -2.06. The second-order valence-electron chi connectivity index (χ2n) is 5.99. The quantitative estimate of drug-likeness (QED) is 0.522. The van der Waals surface area contributed by atoms with Gasteiger partial charge in [0.05, 0.1) is 11.3 Å². The smallest absolute Gasteiger partial charge is 0.250 e. The van der Waals surface area contributed by atoms with Crippen molar-refractivity contribution in [3.63, 3.8) is 0 Å². The summed E-state index contributed by atoms with van der Waals surface area (Å²) in [4.78, 5) is 22.1. The lowest BCUT2D eigenvalue weighted by atomic mass is 10.0. The number of hydrogen-bond donors (Lipinski definition) is 3. The van der Waals surface area contributed by atoms with Crippen LogP contribution < -0.4 is 5.73 Å². The number of benzene rings is 1. The van der Waals surface area contributed by atoms with Crippen molar-refractivity contribution in [3.05, 3.63) is 65.5 Å². The van der Waals surface area contributed by atoms with Crippen LogP contribution in [0, 0.1) is 18.6 Å². The van der Waals surface area contributed by atoms with Crippen LogP contribution in [0.3, 0.4) is 0 Å². The molecule has 4 aromatic rings. The standard InChI is InChI=1S/C19H14F2N4O/c1-9-2-3-12(16(21)15(9)20)17-13(18(22)26)8-14(25-17)10-4-6-23-19-11(10)5-7-24-19/h2-8,25H,1H3,(H2,22,26)(H,23,24). The topological polar surface area (TPSA) is 87.6 Å². The second-order valence-corrected chi connectivity index (χ2v) is 5.99. The van der Waals surface area contributed by atoms with Crippen molar-refractivity contribution in [3.8, 4) is 22.5 Å². The van der Waals surface area contributed by atoms with Gasteiger partial charge in [-0.2, -0.15) is 0 Å². The van der Waals surface area contributed by atoms with Crippen LogP contribution in [-0.2, 0) is 0 Å². The Bertz CT molecular complexity index is 1160. The highest BCUT2D eigenvalue weighted by Gasteiger charge is 2.21. The monoisotopic (exact) mass is 352 g/mol. The molecule has 0 atom stereocenters. The highest BCUT2D eigenvalue weighted by atomic mass is 19.2. The number of rotatable bonds is 3. The Morgan fingerprint density at radius 1 is 1.12 bits per heavy atom. The van der Waals surface area contributed by atoms with E-state index in [1.807, 2.05) is 6.07 Å². The number of nitrogens with zero attached hydrogens (tertiary/aromatic N) is 1. The minimum atomic E-state index is -1.03. The summed E-state index contributed by atoms with van der Waals surface area (Å²) in [6, 6.07) is 8.03. The molecule has 0 radical (unpaired) electrons. The molecule has 0 saturated carbocycles.